The van der Waals surface area contributed by atoms with Crippen LogP contribution in [0.15, 0.2) is 65.4 Å². The van der Waals surface area contributed by atoms with Gasteiger partial charge in [0.15, 0.2) is 5.82 Å². The molecule has 9 heteroatoms. The van der Waals surface area contributed by atoms with E-state index in [0.29, 0.717) is 47.5 Å². The molecular weight excluding hydrogens is 461 g/mol. The van der Waals surface area contributed by atoms with Crippen LogP contribution in [0.5, 0.6) is 5.75 Å². The number of carbonyl (C=O) groups excluding carboxylic acids is 1. The molecule has 1 amide bonds. The van der Waals surface area contributed by atoms with Crippen LogP contribution in [0.3, 0.4) is 0 Å². The number of hydrogen-bond donors (Lipinski definition) is 1. The summed E-state index contributed by atoms with van der Waals surface area (Å²) in [6.45, 7) is 3.93. The third-order valence-electron chi connectivity index (χ3n) is 6.18. The van der Waals surface area contributed by atoms with Crippen LogP contribution in [0.25, 0.3) is 11.1 Å². The molecule has 5 rings (SSSR count). The van der Waals surface area contributed by atoms with E-state index in [1.807, 2.05) is 37.3 Å². The molecule has 36 heavy (non-hydrogen) atoms. The second kappa shape index (κ2) is 9.85. The molecule has 8 nitrogen and oxygen atoms in total. The van der Waals surface area contributed by atoms with Crippen molar-refractivity contribution in [3.63, 3.8) is 0 Å². The third-order valence-corrected chi connectivity index (χ3v) is 6.18. The van der Waals surface area contributed by atoms with Gasteiger partial charge in [-0.1, -0.05) is 48.3 Å². The van der Waals surface area contributed by atoms with Crippen LogP contribution in [0.2, 0.25) is 0 Å². The van der Waals surface area contributed by atoms with Crippen LogP contribution in [0.4, 0.5) is 4.39 Å². The molecule has 1 aliphatic carbocycles. The summed E-state index contributed by atoms with van der Waals surface area (Å²) in [5.74, 6) is 0.849. The number of nitrogens with zero attached hydrogens (tertiary/aromatic N) is 4. The summed E-state index contributed by atoms with van der Waals surface area (Å²) >= 11 is 0. The lowest BCUT2D eigenvalue weighted by molar-refractivity contribution is 0.0885. The van der Waals surface area contributed by atoms with Crippen molar-refractivity contribution in [3.05, 3.63) is 89.8 Å². The van der Waals surface area contributed by atoms with Crippen molar-refractivity contribution in [1.82, 2.24) is 25.4 Å². The van der Waals surface area contributed by atoms with Crippen molar-refractivity contribution < 1.29 is 18.4 Å². The van der Waals surface area contributed by atoms with E-state index in [4.69, 9.17) is 9.26 Å². The number of aromatic nitrogens is 4. The summed E-state index contributed by atoms with van der Waals surface area (Å²) in [6.07, 6.45) is 5.82. The molecule has 1 N–H and O–H groups in total. The van der Waals surface area contributed by atoms with E-state index in [1.54, 1.807) is 19.1 Å². The molecule has 1 atom stereocenters. The highest BCUT2D eigenvalue weighted by molar-refractivity contribution is 5.94. The van der Waals surface area contributed by atoms with Gasteiger partial charge in [0, 0.05) is 24.2 Å². The van der Waals surface area contributed by atoms with Gasteiger partial charge in [0.2, 0.25) is 11.8 Å². The van der Waals surface area contributed by atoms with E-state index in [9.17, 15) is 9.18 Å². The van der Waals surface area contributed by atoms with Crippen LogP contribution in [-0.2, 0) is 12.1 Å². The Morgan fingerprint density at radius 3 is 2.64 bits per heavy atom. The summed E-state index contributed by atoms with van der Waals surface area (Å²) < 4.78 is 24.7. The first-order chi connectivity index (χ1) is 17.4. The fourth-order valence-corrected chi connectivity index (χ4v) is 4.11. The minimum atomic E-state index is -0.808. The molecule has 1 fully saturated rings. The molecule has 0 radical (unpaired) electrons. The van der Waals surface area contributed by atoms with Crippen molar-refractivity contribution in [2.24, 2.45) is 5.92 Å². The minimum Gasteiger partial charge on any atom is -0.487 e. The first kappa shape index (κ1) is 23.6. The van der Waals surface area contributed by atoms with E-state index < -0.39 is 11.5 Å². The fraction of sp³-hybridized carbons (Fsp3) is 0.296. The molecule has 1 saturated carbocycles. The first-order valence-corrected chi connectivity index (χ1v) is 11.8. The van der Waals surface area contributed by atoms with Gasteiger partial charge in [0.25, 0.3) is 5.91 Å². The lowest BCUT2D eigenvalue weighted by Gasteiger charge is -2.27. The average Bonchev–Trinajstić information content (AvgIpc) is 3.58. The highest BCUT2D eigenvalue weighted by Gasteiger charge is 2.39. The number of benzene rings is 1. The van der Waals surface area contributed by atoms with Gasteiger partial charge in [-0.2, -0.15) is 9.37 Å². The molecule has 0 bridgehead atoms. The molecule has 4 aromatic rings. The smallest absolute Gasteiger partial charge is 0.270 e. The molecule has 3 heterocycles. The molecule has 0 unspecified atom stereocenters. The van der Waals surface area contributed by atoms with Crippen molar-refractivity contribution in [2.45, 2.75) is 45.3 Å². The molecule has 1 aliphatic rings. The Morgan fingerprint density at radius 2 is 1.97 bits per heavy atom. The summed E-state index contributed by atoms with van der Waals surface area (Å²) in [4.78, 5) is 25.9. The number of pyridine rings is 2. The van der Waals surface area contributed by atoms with Crippen LogP contribution < -0.4 is 10.1 Å². The van der Waals surface area contributed by atoms with Crippen molar-refractivity contribution in [3.8, 4) is 16.9 Å². The molecule has 0 spiro atoms. The van der Waals surface area contributed by atoms with Gasteiger partial charge < -0.3 is 14.6 Å². The Labute approximate surface area is 207 Å². The number of carbonyl (C=O) groups is 1. The second-order valence-corrected chi connectivity index (χ2v) is 9.28. The first-order valence-electron chi connectivity index (χ1n) is 11.8. The lowest BCUT2D eigenvalue weighted by Crippen LogP contribution is -2.45. The maximum atomic E-state index is 13.5. The quantitative estimate of drug-likeness (QED) is 0.332. The van der Waals surface area contributed by atoms with Gasteiger partial charge in [-0.3, -0.25) is 4.79 Å². The van der Waals surface area contributed by atoms with E-state index in [0.717, 1.165) is 18.4 Å². The molecular formula is C27H26FN5O3. The minimum absolute atomic E-state index is 0.184. The lowest BCUT2D eigenvalue weighted by atomic mass is 9.93. The summed E-state index contributed by atoms with van der Waals surface area (Å²) in [6, 6.07) is 14.2. The Morgan fingerprint density at radius 1 is 1.17 bits per heavy atom. The number of hydrogen-bond acceptors (Lipinski definition) is 7. The monoisotopic (exact) mass is 487 g/mol. The fourth-order valence-electron chi connectivity index (χ4n) is 4.11. The van der Waals surface area contributed by atoms with Gasteiger partial charge in [-0.25, -0.2) is 9.97 Å². The standard InChI is InChI=1S/C27H26FN5O3/c1-17-31-26(33-36-17)27(2,13-18-8-9-18)32-25(34)22-12-21(20-10-11-24(28)30-14-20)23(15-29-22)35-16-19-6-4-3-5-7-19/h3-7,10-12,14-15,18H,8-9,13,16H2,1-2H3,(H,32,34)/t27-/m0/s1. The van der Waals surface area contributed by atoms with Crippen LogP contribution in [0, 0.1) is 18.8 Å². The van der Waals surface area contributed by atoms with Gasteiger partial charge >= 0.3 is 0 Å². The van der Waals surface area contributed by atoms with Crippen LogP contribution >= 0.6 is 0 Å². The SMILES string of the molecule is Cc1nc([C@](C)(CC2CC2)NC(=O)c2cc(-c3ccc(F)nc3)c(OCc3ccccc3)cn2)no1. The maximum Gasteiger partial charge on any atom is 0.270 e. The van der Waals surface area contributed by atoms with Crippen LogP contribution in [-0.4, -0.2) is 26.0 Å². The number of halogens is 1. The predicted octanol–water partition coefficient (Wildman–Crippen LogP) is 5.00. The van der Waals surface area contributed by atoms with Crippen molar-refractivity contribution in [1.29, 1.82) is 0 Å². The highest BCUT2D eigenvalue weighted by atomic mass is 19.1. The number of aryl methyl sites for hydroxylation is 1. The summed E-state index contributed by atoms with van der Waals surface area (Å²) in [7, 11) is 0. The largest absolute Gasteiger partial charge is 0.487 e. The molecule has 3 aromatic heterocycles. The number of rotatable bonds is 9. The maximum absolute atomic E-state index is 13.5. The average molecular weight is 488 g/mol. The Bertz CT molecular complexity index is 1360. The topological polar surface area (TPSA) is 103 Å². The van der Waals surface area contributed by atoms with E-state index in [-0.39, 0.29) is 11.6 Å². The van der Waals surface area contributed by atoms with Gasteiger partial charge in [-0.15, -0.1) is 0 Å². The van der Waals surface area contributed by atoms with Crippen molar-refractivity contribution in [2.75, 3.05) is 0 Å². The molecule has 184 valence electrons. The molecule has 0 saturated heterocycles. The van der Waals surface area contributed by atoms with Gasteiger partial charge in [0.1, 0.15) is 23.6 Å². The predicted molar refractivity (Wildman–Crippen MR) is 129 cm³/mol. The normalized spacial score (nSPS) is 14.8. The Balaban J connectivity index is 1.44. The second-order valence-electron chi connectivity index (χ2n) is 9.28. The van der Waals surface area contributed by atoms with Crippen LogP contribution in [0.1, 0.15) is 54.0 Å². The zero-order valence-corrected chi connectivity index (χ0v) is 20.1. The zero-order valence-electron chi connectivity index (χ0n) is 20.1. The van der Waals surface area contributed by atoms with E-state index in [2.05, 4.69) is 25.4 Å². The molecule has 0 aliphatic heterocycles. The molecule has 1 aromatic carbocycles. The zero-order chi connectivity index (χ0) is 25.1. The number of ether oxygens (including phenoxy) is 1. The van der Waals surface area contributed by atoms with Crippen molar-refractivity contribution >= 4 is 5.91 Å². The van der Waals surface area contributed by atoms with E-state index >= 15 is 0 Å². The third kappa shape index (κ3) is 5.40. The Hall–Kier alpha value is -4.14. The highest BCUT2D eigenvalue weighted by Crippen LogP contribution is 2.40. The number of amides is 1. The van der Waals surface area contributed by atoms with E-state index in [1.165, 1.54) is 18.5 Å². The van der Waals surface area contributed by atoms with Gasteiger partial charge in [-0.05, 0) is 43.0 Å². The summed E-state index contributed by atoms with van der Waals surface area (Å²) in [5, 5.41) is 7.14. The Kier molecular flexibility index (Phi) is 6.45. The summed E-state index contributed by atoms with van der Waals surface area (Å²) in [5.41, 5.74) is 1.54. The van der Waals surface area contributed by atoms with Gasteiger partial charge in [0.05, 0.1) is 6.20 Å². The number of nitrogens with one attached hydrogen (secondary N) is 1.